The number of rotatable bonds is 5. The molecule has 2 unspecified atom stereocenters. The van der Waals surface area contributed by atoms with Crippen molar-refractivity contribution in [1.29, 1.82) is 0 Å². The number of para-hydroxylation sites is 2. The van der Waals surface area contributed by atoms with Crippen molar-refractivity contribution in [2.24, 2.45) is 0 Å². The lowest BCUT2D eigenvalue weighted by molar-refractivity contribution is -0.115. The highest BCUT2D eigenvalue weighted by molar-refractivity contribution is 6.03. The molecule has 0 bridgehead atoms. The standard InChI is InChI=1S/C22H24FN3O2/c23-17-6-1-2-8-20(17)28-12-4-10-25-11-9-19-16(13-25)15-5-3-7-18-22(15)26(19)14-21(27)24-18/h1-3,5-8,16,19H,4,9-14H2,(H,24,27). The Hall–Kier alpha value is -2.60. The third kappa shape index (κ3) is 3.02. The maximum Gasteiger partial charge on any atom is 0.243 e. The lowest BCUT2D eigenvalue weighted by atomic mass is 9.89. The van der Waals surface area contributed by atoms with Crippen molar-refractivity contribution in [3.63, 3.8) is 0 Å². The SMILES string of the molecule is O=C1CN2c3c(cccc3C3CN(CCCOc4ccccc4F)CCC32)N1. The monoisotopic (exact) mass is 381 g/mol. The van der Waals surface area contributed by atoms with Crippen LogP contribution in [0.25, 0.3) is 0 Å². The van der Waals surface area contributed by atoms with Gasteiger partial charge in [0.25, 0.3) is 0 Å². The zero-order valence-electron chi connectivity index (χ0n) is 15.7. The van der Waals surface area contributed by atoms with Gasteiger partial charge < -0.3 is 19.9 Å². The molecule has 3 aliphatic rings. The Morgan fingerprint density at radius 1 is 1.18 bits per heavy atom. The van der Waals surface area contributed by atoms with Gasteiger partial charge in [0.15, 0.2) is 11.6 Å². The first-order valence-corrected chi connectivity index (χ1v) is 10.00. The number of anilines is 2. The van der Waals surface area contributed by atoms with Gasteiger partial charge in [-0.25, -0.2) is 4.39 Å². The van der Waals surface area contributed by atoms with Gasteiger partial charge in [0.2, 0.25) is 5.91 Å². The number of carbonyl (C=O) groups excluding carboxylic acids is 1. The number of carbonyl (C=O) groups is 1. The summed E-state index contributed by atoms with van der Waals surface area (Å²) in [7, 11) is 0. The van der Waals surface area contributed by atoms with E-state index in [-0.39, 0.29) is 11.7 Å². The molecule has 6 heteroatoms. The molecule has 0 spiro atoms. The third-order valence-corrected chi connectivity index (χ3v) is 6.12. The molecule has 1 fully saturated rings. The maximum absolute atomic E-state index is 13.6. The van der Waals surface area contributed by atoms with Gasteiger partial charge in [-0.3, -0.25) is 4.79 Å². The van der Waals surface area contributed by atoms with Crippen molar-refractivity contribution in [2.45, 2.75) is 24.8 Å². The average Bonchev–Trinajstić information content (AvgIpc) is 3.01. The zero-order valence-corrected chi connectivity index (χ0v) is 15.7. The van der Waals surface area contributed by atoms with E-state index in [9.17, 15) is 9.18 Å². The second-order valence-electron chi connectivity index (χ2n) is 7.82. The van der Waals surface area contributed by atoms with Gasteiger partial charge in [-0.1, -0.05) is 24.3 Å². The first-order chi connectivity index (χ1) is 13.7. The highest BCUT2D eigenvalue weighted by Gasteiger charge is 2.44. The number of fused-ring (bicyclic) bond motifs is 3. The fraction of sp³-hybridized carbons (Fsp3) is 0.409. The summed E-state index contributed by atoms with van der Waals surface area (Å²) < 4.78 is 19.2. The number of likely N-dealkylation sites (tertiary alicyclic amines) is 1. The Balaban J connectivity index is 1.21. The fourth-order valence-electron chi connectivity index (χ4n) is 4.91. The van der Waals surface area contributed by atoms with Crippen molar-refractivity contribution >= 4 is 17.3 Å². The average molecular weight is 381 g/mol. The van der Waals surface area contributed by atoms with E-state index in [2.05, 4.69) is 21.2 Å². The normalized spacial score (nSPS) is 23.2. The van der Waals surface area contributed by atoms with Crippen molar-refractivity contribution in [3.05, 3.63) is 53.8 Å². The molecule has 0 aromatic heterocycles. The van der Waals surface area contributed by atoms with Gasteiger partial charge in [0.1, 0.15) is 0 Å². The molecule has 0 radical (unpaired) electrons. The molecule has 0 aliphatic carbocycles. The molecule has 0 saturated carbocycles. The molecule has 3 aliphatic heterocycles. The summed E-state index contributed by atoms with van der Waals surface area (Å²) in [5, 5.41) is 3.01. The van der Waals surface area contributed by atoms with E-state index in [4.69, 9.17) is 4.74 Å². The number of hydrogen-bond donors (Lipinski definition) is 1. The van der Waals surface area contributed by atoms with Gasteiger partial charge in [0, 0.05) is 31.6 Å². The highest BCUT2D eigenvalue weighted by atomic mass is 19.1. The van der Waals surface area contributed by atoms with Crippen LogP contribution in [0, 0.1) is 5.82 Å². The van der Waals surface area contributed by atoms with Crippen LogP contribution in [0.4, 0.5) is 15.8 Å². The number of ether oxygens (including phenoxy) is 1. The molecule has 2 atom stereocenters. The number of piperidine rings is 1. The topological polar surface area (TPSA) is 44.8 Å². The number of hydrogen-bond acceptors (Lipinski definition) is 4. The summed E-state index contributed by atoms with van der Waals surface area (Å²) in [4.78, 5) is 16.9. The molecule has 2 aromatic rings. The summed E-state index contributed by atoms with van der Waals surface area (Å²) in [6, 6.07) is 13.2. The zero-order chi connectivity index (χ0) is 19.1. The van der Waals surface area contributed by atoms with E-state index in [0.717, 1.165) is 38.2 Å². The number of nitrogens with one attached hydrogen (secondary N) is 1. The molecule has 1 amide bonds. The second kappa shape index (κ2) is 7.09. The van der Waals surface area contributed by atoms with Crippen molar-refractivity contribution in [3.8, 4) is 5.75 Å². The largest absolute Gasteiger partial charge is 0.490 e. The molecule has 5 rings (SSSR count). The first kappa shape index (κ1) is 17.5. The molecular formula is C22H24FN3O2. The molecule has 146 valence electrons. The predicted octanol–water partition coefficient (Wildman–Crippen LogP) is 3.22. The quantitative estimate of drug-likeness (QED) is 0.808. The van der Waals surface area contributed by atoms with Crippen molar-refractivity contribution in [1.82, 2.24) is 4.90 Å². The number of benzene rings is 2. The Kier molecular flexibility index (Phi) is 4.43. The highest BCUT2D eigenvalue weighted by Crippen LogP contribution is 2.49. The van der Waals surface area contributed by atoms with Crippen LogP contribution in [0.3, 0.4) is 0 Å². The third-order valence-electron chi connectivity index (χ3n) is 6.12. The van der Waals surface area contributed by atoms with Crippen molar-refractivity contribution < 1.29 is 13.9 Å². The molecule has 5 nitrogen and oxygen atoms in total. The molecule has 1 saturated heterocycles. The summed E-state index contributed by atoms with van der Waals surface area (Å²) in [6.45, 7) is 3.91. The van der Waals surface area contributed by atoms with Gasteiger partial charge in [-0.15, -0.1) is 0 Å². The molecule has 28 heavy (non-hydrogen) atoms. The first-order valence-electron chi connectivity index (χ1n) is 10.00. The predicted molar refractivity (Wildman–Crippen MR) is 107 cm³/mol. The Labute approximate surface area is 164 Å². The van der Waals surface area contributed by atoms with E-state index < -0.39 is 0 Å². The van der Waals surface area contributed by atoms with Gasteiger partial charge in [-0.05, 0) is 36.6 Å². The van der Waals surface area contributed by atoms with Crippen LogP contribution in [-0.2, 0) is 4.79 Å². The van der Waals surface area contributed by atoms with Gasteiger partial charge in [0.05, 0.1) is 24.5 Å². The van der Waals surface area contributed by atoms with Crippen LogP contribution < -0.4 is 15.0 Å². The molecule has 2 aromatic carbocycles. The van der Waals surface area contributed by atoms with Gasteiger partial charge in [-0.2, -0.15) is 0 Å². The summed E-state index contributed by atoms with van der Waals surface area (Å²) in [5.41, 5.74) is 3.53. The minimum Gasteiger partial charge on any atom is -0.490 e. The maximum atomic E-state index is 13.6. The van der Waals surface area contributed by atoms with E-state index >= 15 is 0 Å². The number of amides is 1. The van der Waals surface area contributed by atoms with Crippen LogP contribution >= 0.6 is 0 Å². The summed E-state index contributed by atoms with van der Waals surface area (Å²) in [6.07, 6.45) is 1.92. The van der Waals surface area contributed by atoms with E-state index in [1.807, 2.05) is 12.1 Å². The van der Waals surface area contributed by atoms with E-state index in [1.54, 1.807) is 18.2 Å². The smallest absolute Gasteiger partial charge is 0.243 e. The van der Waals surface area contributed by atoms with Crippen LogP contribution in [0.15, 0.2) is 42.5 Å². The minimum atomic E-state index is -0.310. The Bertz CT molecular complexity index is 903. The van der Waals surface area contributed by atoms with Gasteiger partial charge >= 0.3 is 0 Å². The number of nitrogens with zero attached hydrogens (tertiary/aromatic N) is 2. The fourth-order valence-corrected chi connectivity index (χ4v) is 4.91. The summed E-state index contributed by atoms with van der Waals surface area (Å²) >= 11 is 0. The molecule has 1 N–H and O–H groups in total. The Morgan fingerprint density at radius 3 is 2.96 bits per heavy atom. The van der Waals surface area contributed by atoms with E-state index in [1.165, 1.54) is 17.3 Å². The molecule has 3 heterocycles. The van der Waals surface area contributed by atoms with Crippen LogP contribution in [0.1, 0.15) is 24.3 Å². The lowest BCUT2D eigenvalue weighted by Gasteiger charge is -2.39. The molecular weight excluding hydrogens is 357 g/mol. The summed E-state index contributed by atoms with van der Waals surface area (Å²) in [5.74, 6) is 0.530. The van der Waals surface area contributed by atoms with Crippen molar-refractivity contribution in [2.75, 3.05) is 43.0 Å². The number of halogens is 1. The second-order valence-corrected chi connectivity index (χ2v) is 7.82. The minimum absolute atomic E-state index is 0.0815. The van der Waals surface area contributed by atoms with Crippen LogP contribution in [0.5, 0.6) is 5.75 Å². The lowest BCUT2D eigenvalue weighted by Crippen LogP contribution is -2.49. The van der Waals surface area contributed by atoms with E-state index in [0.29, 0.717) is 30.9 Å². The van der Waals surface area contributed by atoms with Crippen LogP contribution in [-0.4, -0.2) is 49.6 Å². The van der Waals surface area contributed by atoms with Crippen LogP contribution in [0.2, 0.25) is 0 Å². The Morgan fingerprint density at radius 2 is 2.07 bits per heavy atom.